The summed E-state index contributed by atoms with van der Waals surface area (Å²) in [7, 11) is 0. The van der Waals surface area contributed by atoms with Crippen LogP contribution >= 0.6 is 0 Å². The molecule has 2 heterocycles. The van der Waals surface area contributed by atoms with Crippen molar-refractivity contribution in [2.75, 3.05) is 19.7 Å². The average molecular weight is 387 g/mol. The first-order valence-electron chi connectivity index (χ1n) is 9.65. The molecule has 1 amide bonds. The van der Waals surface area contributed by atoms with E-state index < -0.39 is 0 Å². The van der Waals surface area contributed by atoms with Crippen LogP contribution in [0.4, 0.5) is 0 Å². The molecule has 1 aromatic heterocycles. The van der Waals surface area contributed by atoms with Gasteiger partial charge in [-0.05, 0) is 48.7 Å². The van der Waals surface area contributed by atoms with E-state index in [0.717, 1.165) is 35.4 Å². The van der Waals surface area contributed by atoms with Crippen molar-refractivity contribution in [1.82, 2.24) is 9.88 Å². The highest BCUT2D eigenvalue weighted by Crippen LogP contribution is 2.30. The first-order valence-corrected chi connectivity index (χ1v) is 9.65. The molecule has 0 aliphatic carbocycles. The second-order valence-corrected chi connectivity index (χ2v) is 6.97. The van der Waals surface area contributed by atoms with Gasteiger partial charge in [-0.2, -0.15) is 5.26 Å². The molecule has 0 atom stereocenters. The molecule has 146 valence electrons. The number of hydrogen-bond acceptors (Lipinski definition) is 5. The Morgan fingerprint density at radius 1 is 1.21 bits per heavy atom. The lowest BCUT2D eigenvalue weighted by molar-refractivity contribution is -0.127. The Bertz CT molecular complexity index is 1020. The second-order valence-electron chi connectivity index (χ2n) is 6.97. The van der Waals surface area contributed by atoms with Crippen molar-refractivity contribution < 1.29 is 13.9 Å². The second kappa shape index (κ2) is 8.61. The van der Waals surface area contributed by atoms with E-state index in [1.165, 1.54) is 0 Å². The van der Waals surface area contributed by atoms with Crippen LogP contribution in [0.5, 0.6) is 5.75 Å². The summed E-state index contributed by atoms with van der Waals surface area (Å²) in [4.78, 5) is 19.0. The third-order valence-electron chi connectivity index (χ3n) is 5.07. The molecule has 0 radical (unpaired) electrons. The fourth-order valence-electron chi connectivity index (χ4n) is 3.48. The average Bonchev–Trinajstić information content (AvgIpc) is 3.21. The zero-order valence-electron chi connectivity index (χ0n) is 16.0. The molecule has 4 rings (SSSR count). The van der Waals surface area contributed by atoms with Crippen LogP contribution in [0.3, 0.4) is 0 Å². The maximum Gasteiger partial charge on any atom is 0.246 e. The highest BCUT2D eigenvalue weighted by atomic mass is 16.5. The van der Waals surface area contributed by atoms with Crippen LogP contribution < -0.4 is 4.74 Å². The van der Waals surface area contributed by atoms with E-state index in [9.17, 15) is 4.79 Å². The van der Waals surface area contributed by atoms with Crippen molar-refractivity contribution in [3.05, 3.63) is 66.1 Å². The summed E-state index contributed by atoms with van der Waals surface area (Å²) in [6.07, 6.45) is 5.09. The molecular formula is C23H21N3O3. The third kappa shape index (κ3) is 4.46. The number of fused-ring (bicyclic) bond motifs is 1. The van der Waals surface area contributed by atoms with E-state index >= 15 is 0 Å². The van der Waals surface area contributed by atoms with Crippen molar-refractivity contribution in [1.29, 1.82) is 5.26 Å². The molecule has 1 saturated heterocycles. The van der Waals surface area contributed by atoms with Gasteiger partial charge in [0.2, 0.25) is 5.91 Å². The summed E-state index contributed by atoms with van der Waals surface area (Å²) < 4.78 is 11.1. The molecule has 1 aliphatic heterocycles. The molecule has 3 aromatic rings. The molecule has 0 N–H and O–H groups in total. The summed E-state index contributed by atoms with van der Waals surface area (Å²) in [5.41, 5.74) is 2.60. The molecule has 1 fully saturated rings. The van der Waals surface area contributed by atoms with Crippen LogP contribution in [0.2, 0.25) is 0 Å². The predicted octanol–water partition coefficient (Wildman–Crippen LogP) is 4.15. The number of likely N-dealkylation sites (tertiary alicyclic amines) is 1. The van der Waals surface area contributed by atoms with Crippen molar-refractivity contribution in [2.24, 2.45) is 0 Å². The number of nitrogens with zero attached hydrogens (tertiary/aromatic N) is 3. The van der Waals surface area contributed by atoms with Crippen LogP contribution in [0.1, 0.15) is 30.2 Å². The summed E-state index contributed by atoms with van der Waals surface area (Å²) in [6.45, 7) is 1.40. The number of para-hydroxylation sites is 2. The summed E-state index contributed by atoms with van der Waals surface area (Å²) in [6, 6.07) is 17.0. The fraction of sp³-hybridized carbons (Fsp3) is 0.261. The molecule has 0 unspecified atom stereocenters. The largest absolute Gasteiger partial charge is 0.479 e. The minimum absolute atomic E-state index is 0.00539. The van der Waals surface area contributed by atoms with Gasteiger partial charge in [-0.1, -0.05) is 24.3 Å². The maximum atomic E-state index is 12.5. The van der Waals surface area contributed by atoms with Crippen LogP contribution in [-0.4, -0.2) is 35.5 Å². The van der Waals surface area contributed by atoms with E-state index in [1.807, 2.05) is 47.4 Å². The Morgan fingerprint density at radius 3 is 2.69 bits per heavy atom. The van der Waals surface area contributed by atoms with Crippen molar-refractivity contribution in [2.45, 2.75) is 18.8 Å². The summed E-state index contributed by atoms with van der Waals surface area (Å²) in [5, 5.41) is 8.53. The fourth-order valence-corrected chi connectivity index (χ4v) is 3.48. The standard InChI is InChI=1S/C23H21N3O3/c24-13-16-28-19-8-5-17(6-9-19)7-10-22(27)26-14-11-18(12-15-26)23-25-20-3-1-2-4-21(20)29-23/h1-10,18H,11-12,14-16H2/b10-7+. The van der Waals surface area contributed by atoms with E-state index in [-0.39, 0.29) is 18.4 Å². The van der Waals surface area contributed by atoms with Gasteiger partial charge in [0.05, 0.1) is 0 Å². The zero-order valence-corrected chi connectivity index (χ0v) is 16.0. The molecule has 6 heteroatoms. The van der Waals surface area contributed by atoms with Gasteiger partial charge in [0.1, 0.15) is 17.3 Å². The van der Waals surface area contributed by atoms with E-state index in [0.29, 0.717) is 18.8 Å². The van der Waals surface area contributed by atoms with Gasteiger partial charge >= 0.3 is 0 Å². The van der Waals surface area contributed by atoms with Crippen LogP contribution in [0.25, 0.3) is 17.2 Å². The molecular weight excluding hydrogens is 366 g/mol. The Hall–Kier alpha value is -3.59. The van der Waals surface area contributed by atoms with Gasteiger partial charge < -0.3 is 14.1 Å². The van der Waals surface area contributed by atoms with Gasteiger partial charge in [0.25, 0.3) is 0 Å². The van der Waals surface area contributed by atoms with Gasteiger partial charge in [-0.15, -0.1) is 0 Å². The number of carbonyl (C=O) groups excluding carboxylic acids is 1. The number of ether oxygens (including phenoxy) is 1. The first-order chi connectivity index (χ1) is 14.2. The monoisotopic (exact) mass is 387 g/mol. The highest BCUT2D eigenvalue weighted by Gasteiger charge is 2.26. The zero-order chi connectivity index (χ0) is 20.1. The van der Waals surface area contributed by atoms with Crippen LogP contribution in [0.15, 0.2) is 59.0 Å². The van der Waals surface area contributed by atoms with Gasteiger partial charge in [-0.25, -0.2) is 4.98 Å². The van der Waals surface area contributed by atoms with Crippen molar-refractivity contribution in [3.8, 4) is 11.8 Å². The van der Waals surface area contributed by atoms with Crippen molar-refractivity contribution in [3.63, 3.8) is 0 Å². The van der Waals surface area contributed by atoms with Gasteiger partial charge in [0.15, 0.2) is 18.1 Å². The number of rotatable bonds is 5. The van der Waals surface area contributed by atoms with E-state index in [4.69, 9.17) is 14.4 Å². The number of piperidine rings is 1. The minimum Gasteiger partial charge on any atom is -0.479 e. The molecule has 1 aliphatic rings. The maximum absolute atomic E-state index is 12.5. The topological polar surface area (TPSA) is 79.4 Å². The van der Waals surface area contributed by atoms with Crippen LogP contribution in [-0.2, 0) is 4.79 Å². The molecule has 0 bridgehead atoms. The first kappa shape index (κ1) is 18.8. The van der Waals surface area contributed by atoms with Gasteiger partial charge in [0, 0.05) is 25.1 Å². The quantitative estimate of drug-likeness (QED) is 0.615. The smallest absolute Gasteiger partial charge is 0.246 e. The number of amides is 1. The third-order valence-corrected chi connectivity index (χ3v) is 5.07. The number of benzene rings is 2. The lowest BCUT2D eigenvalue weighted by atomic mass is 9.96. The molecule has 0 saturated carbocycles. The molecule has 6 nitrogen and oxygen atoms in total. The number of aromatic nitrogens is 1. The Kier molecular flexibility index (Phi) is 5.57. The normalized spacial score (nSPS) is 14.9. The molecule has 0 spiro atoms. The minimum atomic E-state index is 0.00539. The molecule has 2 aromatic carbocycles. The SMILES string of the molecule is N#CCOc1ccc(/C=C/C(=O)N2CCC(c3nc4ccccc4o3)CC2)cc1. The highest BCUT2D eigenvalue weighted by molar-refractivity contribution is 5.91. The number of carbonyl (C=O) groups is 1. The van der Waals surface area contributed by atoms with Gasteiger partial charge in [-0.3, -0.25) is 4.79 Å². The Morgan fingerprint density at radius 2 is 1.97 bits per heavy atom. The van der Waals surface area contributed by atoms with E-state index in [2.05, 4.69) is 4.98 Å². The summed E-state index contributed by atoms with van der Waals surface area (Å²) >= 11 is 0. The van der Waals surface area contributed by atoms with Crippen molar-refractivity contribution >= 4 is 23.1 Å². The Labute approximate surface area is 169 Å². The summed E-state index contributed by atoms with van der Waals surface area (Å²) in [5.74, 6) is 1.66. The molecule has 29 heavy (non-hydrogen) atoms. The lowest BCUT2D eigenvalue weighted by Crippen LogP contribution is -2.36. The van der Waals surface area contributed by atoms with E-state index in [1.54, 1.807) is 24.3 Å². The number of nitriles is 1. The predicted molar refractivity (Wildman–Crippen MR) is 109 cm³/mol. The number of oxazole rings is 1. The lowest BCUT2D eigenvalue weighted by Gasteiger charge is -2.29. The number of hydrogen-bond donors (Lipinski definition) is 0. The van der Waals surface area contributed by atoms with Crippen LogP contribution in [0, 0.1) is 11.3 Å². The Balaban J connectivity index is 1.31.